The van der Waals surface area contributed by atoms with Crippen molar-refractivity contribution in [3.8, 4) is 5.75 Å². The highest BCUT2D eigenvalue weighted by molar-refractivity contribution is 5.92. The second-order valence-electron chi connectivity index (χ2n) is 4.76. The van der Waals surface area contributed by atoms with Gasteiger partial charge in [0, 0.05) is 12.6 Å². The van der Waals surface area contributed by atoms with Crippen molar-refractivity contribution in [3.05, 3.63) is 33.6 Å². The number of nitro groups is 1. The first-order chi connectivity index (χ1) is 9.99. The van der Waals surface area contributed by atoms with Crippen molar-refractivity contribution in [1.82, 2.24) is 4.90 Å². The minimum Gasteiger partial charge on any atom is -0.489 e. The zero-order valence-electron chi connectivity index (χ0n) is 11.2. The van der Waals surface area contributed by atoms with Crippen molar-refractivity contribution in [2.45, 2.75) is 12.8 Å². The molecule has 1 aromatic rings. The lowest BCUT2D eigenvalue weighted by Crippen LogP contribution is -2.25. The quantitative estimate of drug-likeness (QED) is 0.637. The normalized spacial score (nSPS) is 15.1. The Labute approximate surface area is 120 Å². The zero-order valence-corrected chi connectivity index (χ0v) is 11.2. The average Bonchev–Trinajstić information content (AvgIpc) is 2.92. The number of hydrogen-bond acceptors (Lipinski definition) is 5. The van der Waals surface area contributed by atoms with E-state index in [-0.39, 0.29) is 12.4 Å². The maximum Gasteiger partial charge on any atom is 0.342 e. The van der Waals surface area contributed by atoms with Gasteiger partial charge in [0.2, 0.25) is 0 Å². The second-order valence-corrected chi connectivity index (χ2v) is 4.76. The number of aromatic carboxylic acids is 1. The summed E-state index contributed by atoms with van der Waals surface area (Å²) >= 11 is 0. The van der Waals surface area contributed by atoms with Gasteiger partial charge in [-0.1, -0.05) is 0 Å². The van der Waals surface area contributed by atoms with E-state index in [0.717, 1.165) is 32.0 Å². The Hall–Kier alpha value is -2.22. The first-order valence-electron chi connectivity index (χ1n) is 6.55. The van der Waals surface area contributed by atoms with E-state index in [1.165, 1.54) is 0 Å². The second kappa shape index (κ2) is 6.49. The summed E-state index contributed by atoms with van der Waals surface area (Å²) < 4.78 is 18.9. The Balaban J connectivity index is 2.09. The number of rotatable bonds is 6. The van der Waals surface area contributed by atoms with Crippen LogP contribution >= 0.6 is 0 Å². The Kier molecular flexibility index (Phi) is 4.69. The molecule has 0 radical (unpaired) electrons. The predicted octanol–water partition coefficient (Wildman–Crippen LogP) is 1.91. The van der Waals surface area contributed by atoms with Gasteiger partial charge in [-0.25, -0.2) is 9.18 Å². The molecule has 0 aliphatic carbocycles. The van der Waals surface area contributed by atoms with Gasteiger partial charge >= 0.3 is 5.97 Å². The van der Waals surface area contributed by atoms with Gasteiger partial charge in [-0.3, -0.25) is 15.0 Å². The molecule has 0 aromatic heterocycles. The van der Waals surface area contributed by atoms with Crippen LogP contribution in [-0.4, -0.2) is 47.1 Å². The van der Waals surface area contributed by atoms with E-state index in [1.807, 2.05) is 0 Å². The summed E-state index contributed by atoms with van der Waals surface area (Å²) in [5.74, 6) is -2.71. The highest BCUT2D eigenvalue weighted by atomic mass is 19.1. The zero-order chi connectivity index (χ0) is 15.4. The molecule has 0 saturated carbocycles. The summed E-state index contributed by atoms with van der Waals surface area (Å²) in [6.07, 6.45) is 2.24. The smallest absolute Gasteiger partial charge is 0.342 e. The van der Waals surface area contributed by atoms with Crippen LogP contribution in [0.3, 0.4) is 0 Å². The van der Waals surface area contributed by atoms with Crippen LogP contribution < -0.4 is 4.74 Å². The molecular formula is C13H15FN2O5. The van der Waals surface area contributed by atoms with Crippen molar-refractivity contribution >= 4 is 11.7 Å². The molecule has 2 rings (SSSR count). The number of halogens is 1. The fraction of sp³-hybridized carbons (Fsp3) is 0.462. The molecule has 1 N–H and O–H groups in total. The first kappa shape index (κ1) is 15.2. The fourth-order valence-electron chi connectivity index (χ4n) is 2.27. The van der Waals surface area contributed by atoms with E-state index < -0.39 is 28.0 Å². The summed E-state index contributed by atoms with van der Waals surface area (Å²) in [7, 11) is 0. The topological polar surface area (TPSA) is 92.9 Å². The van der Waals surface area contributed by atoms with Crippen LogP contribution in [0.1, 0.15) is 23.2 Å². The molecule has 0 bridgehead atoms. The Morgan fingerprint density at radius 1 is 1.43 bits per heavy atom. The molecule has 1 saturated heterocycles. The minimum absolute atomic E-state index is 0.202. The van der Waals surface area contributed by atoms with Gasteiger partial charge in [-0.2, -0.15) is 0 Å². The number of hydrogen-bond donors (Lipinski definition) is 1. The summed E-state index contributed by atoms with van der Waals surface area (Å²) in [5.41, 5.74) is -1.37. The van der Waals surface area contributed by atoms with E-state index >= 15 is 0 Å². The lowest BCUT2D eigenvalue weighted by molar-refractivity contribution is -0.385. The van der Waals surface area contributed by atoms with E-state index in [4.69, 9.17) is 9.84 Å². The number of carboxylic acid groups (broad SMARTS) is 1. The maximum absolute atomic E-state index is 13.7. The van der Waals surface area contributed by atoms with Crippen LogP contribution in [0.25, 0.3) is 0 Å². The third kappa shape index (κ3) is 3.66. The van der Waals surface area contributed by atoms with Gasteiger partial charge < -0.3 is 9.84 Å². The number of nitrogens with zero attached hydrogens (tertiary/aromatic N) is 2. The van der Waals surface area contributed by atoms with E-state index in [9.17, 15) is 19.3 Å². The van der Waals surface area contributed by atoms with Crippen LogP contribution in [-0.2, 0) is 0 Å². The molecule has 0 spiro atoms. The molecule has 0 atom stereocenters. The van der Waals surface area contributed by atoms with Crippen molar-refractivity contribution < 1.29 is 24.0 Å². The molecule has 114 valence electrons. The van der Waals surface area contributed by atoms with Crippen molar-refractivity contribution in [3.63, 3.8) is 0 Å². The van der Waals surface area contributed by atoms with Gasteiger partial charge in [0.1, 0.15) is 12.2 Å². The molecule has 0 amide bonds. The van der Waals surface area contributed by atoms with Gasteiger partial charge in [0.25, 0.3) is 5.69 Å². The third-order valence-electron chi connectivity index (χ3n) is 3.34. The van der Waals surface area contributed by atoms with Crippen LogP contribution in [0.5, 0.6) is 5.75 Å². The van der Waals surface area contributed by atoms with Gasteiger partial charge in [-0.05, 0) is 25.9 Å². The van der Waals surface area contributed by atoms with Gasteiger partial charge in [0.15, 0.2) is 11.6 Å². The van der Waals surface area contributed by atoms with Crippen molar-refractivity contribution in [2.24, 2.45) is 0 Å². The van der Waals surface area contributed by atoms with E-state index in [2.05, 4.69) is 4.90 Å². The molecule has 1 fully saturated rings. The average molecular weight is 298 g/mol. The highest BCUT2D eigenvalue weighted by Crippen LogP contribution is 2.27. The molecular weight excluding hydrogens is 283 g/mol. The maximum atomic E-state index is 13.7. The van der Waals surface area contributed by atoms with Crippen LogP contribution in [0.2, 0.25) is 0 Å². The Bertz CT molecular complexity index is 558. The Morgan fingerprint density at radius 3 is 2.67 bits per heavy atom. The monoisotopic (exact) mass is 298 g/mol. The summed E-state index contributed by atoms with van der Waals surface area (Å²) in [5, 5.41) is 19.6. The number of carbonyl (C=O) groups is 1. The standard InChI is InChI=1S/C13H15FN2O5/c14-10-8-11(16(19)20)9(13(17)18)7-12(10)21-6-5-15-3-1-2-4-15/h7-8H,1-6H2,(H,17,18). The lowest BCUT2D eigenvalue weighted by atomic mass is 10.1. The number of carboxylic acids is 1. The summed E-state index contributed by atoms with van der Waals surface area (Å²) in [4.78, 5) is 22.9. The number of nitro benzene ring substituents is 1. The summed E-state index contributed by atoms with van der Waals surface area (Å²) in [6.45, 7) is 2.74. The molecule has 0 unspecified atom stereocenters. The largest absolute Gasteiger partial charge is 0.489 e. The first-order valence-corrected chi connectivity index (χ1v) is 6.55. The lowest BCUT2D eigenvalue weighted by Gasteiger charge is -2.15. The van der Waals surface area contributed by atoms with Gasteiger partial charge in [-0.15, -0.1) is 0 Å². The van der Waals surface area contributed by atoms with E-state index in [1.54, 1.807) is 0 Å². The SMILES string of the molecule is O=C(O)c1cc(OCCN2CCCC2)c(F)cc1[N+](=O)[O-]. The molecule has 1 aliphatic heterocycles. The number of likely N-dealkylation sites (tertiary alicyclic amines) is 1. The van der Waals surface area contributed by atoms with E-state index in [0.29, 0.717) is 12.6 Å². The molecule has 1 aromatic carbocycles. The van der Waals surface area contributed by atoms with Crippen LogP contribution in [0.4, 0.5) is 10.1 Å². The van der Waals surface area contributed by atoms with Crippen molar-refractivity contribution in [1.29, 1.82) is 0 Å². The van der Waals surface area contributed by atoms with Crippen molar-refractivity contribution in [2.75, 3.05) is 26.2 Å². The number of ether oxygens (including phenoxy) is 1. The molecule has 21 heavy (non-hydrogen) atoms. The molecule has 1 aliphatic rings. The molecule has 1 heterocycles. The number of benzene rings is 1. The Morgan fingerprint density at radius 2 is 2.10 bits per heavy atom. The highest BCUT2D eigenvalue weighted by Gasteiger charge is 2.24. The predicted molar refractivity (Wildman–Crippen MR) is 71.2 cm³/mol. The third-order valence-corrected chi connectivity index (χ3v) is 3.34. The molecule has 8 heteroatoms. The summed E-state index contributed by atoms with van der Waals surface area (Å²) in [6, 6.07) is 1.44. The minimum atomic E-state index is -1.49. The fourth-order valence-corrected chi connectivity index (χ4v) is 2.27. The molecule has 7 nitrogen and oxygen atoms in total. The van der Waals surface area contributed by atoms with Crippen LogP contribution in [0, 0.1) is 15.9 Å². The van der Waals surface area contributed by atoms with Gasteiger partial charge in [0.05, 0.1) is 11.0 Å². The van der Waals surface area contributed by atoms with Crippen LogP contribution in [0.15, 0.2) is 12.1 Å².